The average molecular weight is 581 g/mol. The van der Waals surface area contributed by atoms with Crippen molar-refractivity contribution in [3.63, 3.8) is 0 Å². The lowest BCUT2D eigenvalue weighted by molar-refractivity contribution is -0.131. The molecule has 42 heavy (non-hydrogen) atoms. The van der Waals surface area contributed by atoms with Crippen LogP contribution < -0.4 is 5.32 Å². The number of hydrogen-bond acceptors (Lipinski definition) is 4. The lowest BCUT2D eigenvalue weighted by Gasteiger charge is -2.62. The molecule has 5 nitrogen and oxygen atoms in total. The molecule has 2 rings (SSSR count). The van der Waals surface area contributed by atoms with Crippen molar-refractivity contribution in [3.8, 4) is 0 Å². The molecule has 1 aliphatic carbocycles. The number of nitrogens with one attached hydrogen (secondary N) is 1. The van der Waals surface area contributed by atoms with E-state index in [1.807, 2.05) is 26.2 Å². The Morgan fingerprint density at radius 3 is 2.24 bits per heavy atom. The number of nitrogens with zero attached hydrogens (tertiary/aromatic N) is 1. The lowest BCUT2D eigenvalue weighted by atomic mass is 9.46. The van der Waals surface area contributed by atoms with Gasteiger partial charge in [-0.25, -0.2) is 4.79 Å². The summed E-state index contributed by atoms with van der Waals surface area (Å²) in [5.74, 6) is 0.715. The number of carbonyl (C=O) groups is 2. The molecule has 0 aliphatic heterocycles. The van der Waals surface area contributed by atoms with Gasteiger partial charge in [-0.15, -0.1) is 0 Å². The van der Waals surface area contributed by atoms with Gasteiger partial charge in [0.1, 0.15) is 0 Å². The van der Waals surface area contributed by atoms with Crippen molar-refractivity contribution in [2.45, 2.75) is 106 Å². The van der Waals surface area contributed by atoms with Crippen LogP contribution in [0.2, 0.25) is 0 Å². The maximum atomic E-state index is 13.3. The summed E-state index contributed by atoms with van der Waals surface area (Å²) in [7, 11) is 5.44. The topological polar surface area (TPSA) is 58.6 Å². The van der Waals surface area contributed by atoms with Crippen molar-refractivity contribution >= 4 is 17.4 Å². The number of amides is 1. The molecule has 1 amide bonds. The highest BCUT2D eigenvalue weighted by molar-refractivity contribution is 5.90. The number of rotatable bonds is 16. The van der Waals surface area contributed by atoms with Gasteiger partial charge in [-0.2, -0.15) is 0 Å². The van der Waals surface area contributed by atoms with E-state index in [-0.39, 0.29) is 34.2 Å². The van der Waals surface area contributed by atoms with Crippen LogP contribution >= 0.6 is 0 Å². The van der Waals surface area contributed by atoms with E-state index in [2.05, 4.69) is 90.4 Å². The molecule has 5 heteroatoms. The van der Waals surface area contributed by atoms with Crippen LogP contribution in [0.4, 0.5) is 0 Å². The van der Waals surface area contributed by atoms with E-state index < -0.39 is 0 Å². The number of carbonyl (C=O) groups excluding carboxylic acids is 2. The highest BCUT2D eigenvalue weighted by Crippen LogP contribution is 2.61. The van der Waals surface area contributed by atoms with Gasteiger partial charge in [0.15, 0.2) is 0 Å². The van der Waals surface area contributed by atoms with Gasteiger partial charge in [0.05, 0.1) is 12.7 Å². The van der Waals surface area contributed by atoms with E-state index in [0.717, 1.165) is 50.6 Å². The number of methoxy groups -OCH3 is 1. The van der Waals surface area contributed by atoms with Crippen LogP contribution in [0.15, 0.2) is 42.5 Å². The Morgan fingerprint density at radius 1 is 1.14 bits per heavy atom. The van der Waals surface area contributed by atoms with Crippen LogP contribution in [0.25, 0.3) is 5.57 Å². The Hall–Kier alpha value is -2.40. The van der Waals surface area contributed by atoms with Gasteiger partial charge >= 0.3 is 5.97 Å². The molecule has 1 aromatic rings. The van der Waals surface area contributed by atoms with Crippen LogP contribution in [0.1, 0.15) is 116 Å². The summed E-state index contributed by atoms with van der Waals surface area (Å²) in [6, 6.07) is 7.91. The first kappa shape index (κ1) is 35.8. The number of benzene rings is 1. The summed E-state index contributed by atoms with van der Waals surface area (Å²) >= 11 is 0. The molecule has 1 fully saturated rings. The van der Waals surface area contributed by atoms with Crippen molar-refractivity contribution in [3.05, 3.63) is 53.6 Å². The van der Waals surface area contributed by atoms with E-state index in [1.165, 1.54) is 18.3 Å². The minimum atomic E-state index is -0.325. The van der Waals surface area contributed by atoms with Gasteiger partial charge in [0.25, 0.3) is 0 Å². The second-order valence-electron chi connectivity index (χ2n) is 14.3. The molecule has 1 aromatic carbocycles. The quantitative estimate of drug-likeness (QED) is 0.157. The van der Waals surface area contributed by atoms with Crippen molar-refractivity contribution in [1.82, 2.24) is 10.2 Å². The fourth-order valence-corrected chi connectivity index (χ4v) is 6.96. The van der Waals surface area contributed by atoms with E-state index >= 15 is 0 Å². The molecule has 1 aliphatic rings. The summed E-state index contributed by atoms with van der Waals surface area (Å²) in [5, 5.41) is 3.56. The molecular formula is C37H60N2O3. The van der Waals surface area contributed by atoms with E-state index in [0.29, 0.717) is 23.8 Å². The first-order chi connectivity index (χ1) is 19.6. The number of allylic oxidation sites excluding steroid dienone is 2. The maximum absolute atomic E-state index is 13.3. The van der Waals surface area contributed by atoms with Crippen molar-refractivity contribution in [2.24, 2.45) is 28.1 Å². The first-order valence-corrected chi connectivity index (χ1v) is 16.1. The van der Waals surface area contributed by atoms with Crippen molar-refractivity contribution in [1.29, 1.82) is 0 Å². The monoisotopic (exact) mass is 580 g/mol. The first-order valence-electron chi connectivity index (χ1n) is 16.1. The van der Waals surface area contributed by atoms with Crippen LogP contribution in [0, 0.1) is 28.1 Å². The third kappa shape index (κ3) is 8.36. The molecule has 1 N–H and O–H groups in total. The zero-order valence-electron chi connectivity index (χ0n) is 28.7. The average Bonchev–Trinajstić information content (AvgIpc) is 2.95. The molecule has 0 heterocycles. The smallest absolute Gasteiger partial charge is 0.337 e. The Morgan fingerprint density at radius 2 is 1.74 bits per heavy atom. The van der Waals surface area contributed by atoms with Gasteiger partial charge in [0.2, 0.25) is 5.91 Å². The lowest BCUT2D eigenvalue weighted by Crippen LogP contribution is -2.66. The van der Waals surface area contributed by atoms with Gasteiger partial charge in [-0.1, -0.05) is 91.7 Å². The zero-order valence-corrected chi connectivity index (χ0v) is 28.7. The summed E-state index contributed by atoms with van der Waals surface area (Å²) < 4.78 is 4.95. The Balaban J connectivity index is 2.63. The molecule has 0 saturated heterocycles. The summed E-state index contributed by atoms with van der Waals surface area (Å²) in [4.78, 5) is 27.6. The summed E-state index contributed by atoms with van der Waals surface area (Å²) in [5.41, 5.74) is 3.92. The van der Waals surface area contributed by atoms with Gasteiger partial charge in [-0.05, 0) is 92.6 Å². The Bertz CT molecular complexity index is 1100. The second-order valence-corrected chi connectivity index (χ2v) is 14.3. The predicted octanol–water partition coefficient (Wildman–Crippen LogP) is 8.55. The minimum absolute atomic E-state index is 0.0434. The van der Waals surface area contributed by atoms with Crippen molar-refractivity contribution < 1.29 is 14.3 Å². The van der Waals surface area contributed by atoms with E-state index in [9.17, 15) is 9.59 Å². The summed E-state index contributed by atoms with van der Waals surface area (Å²) in [6.45, 7) is 23.2. The van der Waals surface area contributed by atoms with Crippen molar-refractivity contribution in [2.75, 3.05) is 27.7 Å². The molecule has 236 valence electrons. The van der Waals surface area contributed by atoms with Crippen LogP contribution in [-0.2, 0) is 9.53 Å². The third-order valence-corrected chi connectivity index (χ3v) is 10.5. The van der Waals surface area contributed by atoms with Gasteiger partial charge in [-0.3, -0.25) is 4.79 Å². The molecule has 0 bridgehead atoms. The molecule has 0 radical (unpaired) electrons. The second kappa shape index (κ2) is 14.9. The number of hydrogen-bond donors (Lipinski definition) is 1. The fourth-order valence-electron chi connectivity index (χ4n) is 6.96. The van der Waals surface area contributed by atoms with Crippen LogP contribution in [0.5, 0.6) is 0 Å². The molecule has 0 aromatic heterocycles. The molecule has 5 atom stereocenters. The standard InChI is InChI=1S/C37H60N2O3/c1-13-15-28(6)35(7,8)31(29-16-18-30(19-17-29)33(41)42-12)24-36(9)25-37(14-2,22-20-27(5)26(3)4)34(36)38-32(40)21-23-39(10)11/h16-19,24,27-28,34H,3,13-15,20-23,25H2,1-2,4-12H3,(H,38,40)/b31-24-/t27-,28?,34?,36?,37+/m0/s1. The van der Waals surface area contributed by atoms with E-state index in [4.69, 9.17) is 4.74 Å². The number of ether oxygens (including phenoxy) is 1. The molecule has 3 unspecified atom stereocenters. The normalized spacial score (nSPS) is 24.1. The molecular weight excluding hydrogens is 520 g/mol. The minimum Gasteiger partial charge on any atom is -0.465 e. The SMILES string of the molecule is C=C(C)[C@@H](C)CC[C@]1(CC)CC(C)(/C=C(/c2ccc(C(=O)OC)cc2)C(C)(C)C(C)CCC)C1NC(=O)CCN(C)C. The number of esters is 1. The Labute approximate surface area is 257 Å². The van der Waals surface area contributed by atoms with Gasteiger partial charge < -0.3 is 15.0 Å². The van der Waals surface area contributed by atoms with Crippen LogP contribution in [-0.4, -0.2) is 50.6 Å². The predicted molar refractivity (Wildman–Crippen MR) is 177 cm³/mol. The highest BCUT2D eigenvalue weighted by Gasteiger charge is 2.59. The fraction of sp³-hybridized carbons (Fsp3) is 0.676. The largest absolute Gasteiger partial charge is 0.465 e. The molecule has 0 spiro atoms. The Kier molecular flexibility index (Phi) is 12.7. The van der Waals surface area contributed by atoms with Gasteiger partial charge in [0, 0.05) is 24.4 Å². The third-order valence-electron chi connectivity index (χ3n) is 10.5. The van der Waals surface area contributed by atoms with Crippen LogP contribution in [0.3, 0.4) is 0 Å². The molecule has 1 saturated carbocycles. The maximum Gasteiger partial charge on any atom is 0.337 e. The highest BCUT2D eigenvalue weighted by atomic mass is 16.5. The zero-order chi connectivity index (χ0) is 31.9. The van der Waals surface area contributed by atoms with E-state index in [1.54, 1.807) is 0 Å². The summed E-state index contributed by atoms with van der Waals surface area (Å²) in [6.07, 6.45) is 9.43.